The molecule has 0 aliphatic heterocycles. The molecule has 0 unspecified atom stereocenters. The van der Waals surface area contributed by atoms with E-state index in [2.05, 4.69) is 11.9 Å². The van der Waals surface area contributed by atoms with E-state index < -0.39 is 11.4 Å². The third-order valence-corrected chi connectivity index (χ3v) is 2.01. The number of carboxylic acid groups (broad SMARTS) is 1. The van der Waals surface area contributed by atoms with Gasteiger partial charge in [-0.3, -0.25) is 4.79 Å². The highest BCUT2D eigenvalue weighted by Crippen LogP contribution is 2.12. The van der Waals surface area contributed by atoms with Crippen LogP contribution >= 0.6 is 0 Å². The van der Waals surface area contributed by atoms with Crippen LogP contribution in [0.1, 0.15) is 13.8 Å². The van der Waals surface area contributed by atoms with E-state index in [1.165, 1.54) is 4.90 Å². The second-order valence-corrected chi connectivity index (χ2v) is 4.02. The summed E-state index contributed by atoms with van der Waals surface area (Å²) in [5.41, 5.74) is -0.954. The van der Waals surface area contributed by atoms with Gasteiger partial charge in [0.2, 0.25) is 0 Å². The maximum absolute atomic E-state index is 11.4. The number of amides is 2. The van der Waals surface area contributed by atoms with Crippen LogP contribution < -0.4 is 5.32 Å². The Morgan fingerprint density at radius 2 is 2.07 bits per heavy atom. The van der Waals surface area contributed by atoms with Gasteiger partial charge in [0.1, 0.15) is 0 Å². The van der Waals surface area contributed by atoms with E-state index in [0.29, 0.717) is 6.54 Å². The smallest absolute Gasteiger partial charge is 0.317 e. The summed E-state index contributed by atoms with van der Waals surface area (Å²) in [6.45, 7) is 7.15. The van der Waals surface area contributed by atoms with Gasteiger partial charge in [-0.1, -0.05) is 6.08 Å². The summed E-state index contributed by atoms with van der Waals surface area (Å²) in [6.07, 6.45) is 1.60. The first kappa shape index (κ1) is 13.5. The number of nitrogens with zero attached hydrogens (tertiary/aromatic N) is 1. The maximum Gasteiger partial charge on any atom is 0.317 e. The van der Waals surface area contributed by atoms with Crippen LogP contribution in [0, 0.1) is 5.41 Å². The van der Waals surface area contributed by atoms with Crippen LogP contribution in [0.2, 0.25) is 0 Å². The highest BCUT2D eigenvalue weighted by atomic mass is 16.4. The number of likely N-dealkylation sites (N-methyl/N-ethyl adjacent to an activating group) is 1. The SMILES string of the molecule is C=CCN(C)C(=O)NCC(C)(C)C(=O)O. The summed E-state index contributed by atoms with van der Waals surface area (Å²) >= 11 is 0. The molecule has 0 aliphatic carbocycles. The van der Waals surface area contributed by atoms with Gasteiger partial charge in [0.25, 0.3) is 0 Å². The van der Waals surface area contributed by atoms with Crippen molar-refractivity contribution in [2.45, 2.75) is 13.8 Å². The zero-order chi connectivity index (χ0) is 12.1. The monoisotopic (exact) mass is 214 g/mol. The average Bonchev–Trinajstić information content (AvgIpc) is 2.14. The molecule has 0 saturated carbocycles. The van der Waals surface area contributed by atoms with E-state index in [1.54, 1.807) is 27.0 Å². The Kier molecular flexibility index (Phi) is 4.84. The molecular weight excluding hydrogens is 196 g/mol. The predicted molar refractivity (Wildman–Crippen MR) is 57.6 cm³/mol. The molecule has 15 heavy (non-hydrogen) atoms. The lowest BCUT2D eigenvalue weighted by molar-refractivity contribution is -0.146. The lowest BCUT2D eigenvalue weighted by Gasteiger charge is -2.22. The van der Waals surface area contributed by atoms with Gasteiger partial charge < -0.3 is 15.3 Å². The van der Waals surface area contributed by atoms with Crippen molar-refractivity contribution in [2.24, 2.45) is 5.41 Å². The van der Waals surface area contributed by atoms with Crippen LogP contribution in [0.25, 0.3) is 0 Å². The number of hydrogen-bond acceptors (Lipinski definition) is 2. The highest BCUT2D eigenvalue weighted by molar-refractivity contribution is 5.77. The zero-order valence-electron chi connectivity index (χ0n) is 9.41. The van der Waals surface area contributed by atoms with E-state index in [9.17, 15) is 9.59 Å². The molecule has 0 aliphatic rings. The van der Waals surface area contributed by atoms with Crippen LogP contribution in [-0.4, -0.2) is 42.1 Å². The number of carbonyl (C=O) groups is 2. The van der Waals surface area contributed by atoms with Crippen molar-refractivity contribution in [2.75, 3.05) is 20.1 Å². The number of nitrogens with one attached hydrogen (secondary N) is 1. The molecule has 0 saturated heterocycles. The maximum atomic E-state index is 11.4. The highest BCUT2D eigenvalue weighted by Gasteiger charge is 2.27. The molecule has 0 atom stereocenters. The summed E-state index contributed by atoms with van der Waals surface area (Å²) in [7, 11) is 1.62. The van der Waals surface area contributed by atoms with Gasteiger partial charge in [0.05, 0.1) is 5.41 Å². The van der Waals surface area contributed by atoms with Gasteiger partial charge >= 0.3 is 12.0 Å². The fourth-order valence-corrected chi connectivity index (χ4v) is 0.784. The molecule has 2 N–H and O–H groups in total. The normalized spacial score (nSPS) is 10.6. The van der Waals surface area contributed by atoms with Crippen molar-refractivity contribution >= 4 is 12.0 Å². The van der Waals surface area contributed by atoms with Gasteiger partial charge in [-0.05, 0) is 13.8 Å². The number of carboxylic acids is 1. The number of hydrogen-bond donors (Lipinski definition) is 2. The molecular formula is C10H18N2O3. The summed E-state index contributed by atoms with van der Waals surface area (Å²) in [6, 6.07) is -0.302. The molecule has 0 radical (unpaired) electrons. The molecule has 0 aromatic rings. The van der Waals surface area contributed by atoms with Crippen LogP contribution in [0.3, 0.4) is 0 Å². The van der Waals surface area contributed by atoms with E-state index in [4.69, 9.17) is 5.11 Å². The van der Waals surface area contributed by atoms with Gasteiger partial charge in [0.15, 0.2) is 0 Å². The lowest BCUT2D eigenvalue weighted by atomic mass is 9.94. The van der Waals surface area contributed by atoms with Crippen molar-refractivity contribution < 1.29 is 14.7 Å². The number of aliphatic carboxylic acids is 1. The summed E-state index contributed by atoms with van der Waals surface area (Å²) in [4.78, 5) is 23.5. The van der Waals surface area contributed by atoms with E-state index in [1.807, 2.05) is 0 Å². The largest absolute Gasteiger partial charge is 0.481 e. The predicted octanol–water partition coefficient (Wildman–Crippen LogP) is 0.925. The third kappa shape index (κ3) is 4.49. The third-order valence-electron chi connectivity index (χ3n) is 2.01. The standard InChI is InChI=1S/C10H18N2O3/c1-5-6-12(4)9(15)11-7-10(2,3)8(13)14/h5H,1,6-7H2,2-4H3,(H,11,15)(H,13,14). The lowest BCUT2D eigenvalue weighted by Crippen LogP contribution is -2.44. The first-order chi connectivity index (χ1) is 6.81. The summed E-state index contributed by atoms with van der Waals surface area (Å²) in [5, 5.41) is 11.4. The fraction of sp³-hybridized carbons (Fsp3) is 0.600. The molecule has 5 nitrogen and oxygen atoms in total. The van der Waals surface area contributed by atoms with Crippen molar-refractivity contribution in [3.8, 4) is 0 Å². The zero-order valence-corrected chi connectivity index (χ0v) is 9.41. The van der Waals surface area contributed by atoms with Crippen molar-refractivity contribution in [3.63, 3.8) is 0 Å². The Bertz CT molecular complexity index is 261. The molecule has 0 fully saturated rings. The minimum atomic E-state index is -0.954. The molecule has 0 rings (SSSR count). The van der Waals surface area contributed by atoms with Crippen LogP contribution in [0.4, 0.5) is 4.79 Å². The van der Waals surface area contributed by atoms with E-state index in [-0.39, 0.29) is 12.6 Å². The van der Waals surface area contributed by atoms with Crippen LogP contribution in [-0.2, 0) is 4.79 Å². The Morgan fingerprint density at radius 3 is 2.47 bits per heavy atom. The van der Waals surface area contributed by atoms with E-state index in [0.717, 1.165) is 0 Å². The van der Waals surface area contributed by atoms with Crippen molar-refractivity contribution in [3.05, 3.63) is 12.7 Å². The quantitative estimate of drug-likeness (QED) is 0.669. The molecule has 0 aromatic carbocycles. The number of carbonyl (C=O) groups excluding carboxylic acids is 1. The first-order valence-corrected chi connectivity index (χ1v) is 4.64. The minimum Gasteiger partial charge on any atom is -0.481 e. The molecule has 5 heteroatoms. The Labute approximate surface area is 89.8 Å². The molecule has 0 spiro atoms. The summed E-state index contributed by atoms with van der Waals surface area (Å²) < 4.78 is 0. The molecule has 86 valence electrons. The van der Waals surface area contributed by atoms with Gasteiger partial charge in [-0.15, -0.1) is 6.58 Å². The molecule has 0 aromatic heterocycles. The molecule has 0 bridgehead atoms. The van der Waals surface area contributed by atoms with Gasteiger partial charge in [-0.2, -0.15) is 0 Å². The van der Waals surface area contributed by atoms with Crippen molar-refractivity contribution in [1.82, 2.24) is 10.2 Å². The van der Waals surface area contributed by atoms with Crippen LogP contribution in [0.15, 0.2) is 12.7 Å². The first-order valence-electron chi connectivity index (χ1n) is 4.64. The summed E-state index contributed by atoms with van der Waals surface area (Å²) in [5.74, 6) is -0.936. The minimum absolute atomic E-state index is 0.0999. The van der Waals surface area contributed by atoms with Crippen molar-refractivity contribution in [1.29, 1.82) is 0 Å². The van der Waals surface area contributed by atoms with Gasteiger partial charge in [-0.25, -0.2) is 4.79 Å². The van der Waals surface area contributed by atoms with Gasteiger partial charge in [0, 0.05) is 20.1 Å². The van der Waals surface area contributed by atoms with Crippen LogP contribution in [0.5, 0.6) is 0 Å². The number of urea groups is 1. The fourth-order valence-electron chi connectivity index (χ4n) is 0.784. The topological polar surface area (TPSA) is 69.6 Å². The average molecular weight is 214 g/mol. The Hall–Kier alpha value is -1.52. The molecule has 0 heterocycles. The number of rotatable bonds is 5. The Balaban J connectivity index is 4.11. The second kappa shape index (κ2) is 5.38. The van der Waals surface area contributed by atoms with E-state index >= 15 is 0 Å². The molecule has 2 amide bonds. The second-order valence-electron chi connectivity index (χ2n) is 4.02. The Morgan fingerprint density at radius 1 is 1.53 bits per heavy atom.